The van der Waals surface area contributed by atoms with Gasteiger partial charge in [-0.25, -0.2) is 0 Å². The molecule has 3 saturated heterocycles. The number of hydrogen-bond acceptors (Lipinski definition) is 11. The fraction of sp³-hybridized carbons (Fsp3) is 0.972. The first-order chi connectivity index (χ1) is 21.7. The zero-order valence-electron chi connectivity index (χ0n) is 31.1. The summed E-state index contributed by atoms with van der Waals surface area (Å²) >= 11 is 0. The van der Waals surface area contributed by atoms with E-state index >= 15 is 0 Å². The molecule has 0 bridgehead atoms. The van der Waals surface area contributed by atoms with Crippen molar-refractivity contribution in [3.63, 3.8) is 0 Å². The lowest BCUT2D eigenvalue weighted by Gasteiger charge is -2.50. The summed E-state index contributed by atoms with van der Waals surface area (Å²) in [5, 5.41) is 44.7. The summed E-state index contributed by atoms with van der Waals surface area (Å²) in [6, 6.07) is 0.269. The van der Waals surface area contributed by atoms with Gasteiger partial charge in [-0.05, 0) is 86.2 Å². The van der Waals surface area contributed by atoms with Crippen molar-refractivity contribution in [3.05, 3.63) is 0 Å². The molecule has 11 heteroatoms. The second-order valence-corrected chi connectivity index (χ2v) is 15.8. The highest BCUT2D eigenvalue weighted by Crippen LogP contribution is 2.43. The second kappa shape index (κ2) is 16.4. The molecule has 3 fully saturated rings. The molecule has 4 N–H and O–H groups in total. The lowest BCUT2D eigenvalue weighted by Crippen LogP contribution is -2.58. The van der Waals surface area contributed by atoms with Crippen molar-refractivity contribution in [2.75, 3.05) is 14.1 Å². The Balaban J connectivity index is 2.09. The van der Waals surface area contributed by atoms with Gasteiger partial charge in [0.25, 0.3) is 0 Å². The molecule has 0 saturated carbocycles. The van der Waals surface area contributed by atoms with Crippen molar-refractivity contribution in [3.8, 4) is 0 Å². The van der Waals surface area contributed by atoms with Gasteiger partial charge < -0.3 is 49.0 Å². The van der Waals surface area contributed by atoms with E-state index in [1.165, 1.54) is 6.92 Å². The van der Waals surface area contributed by atoms with Gasteiger partial charge in [-0.15, -0.1) is 0 Å². The number of ether oxygens (including phenoxy) is 5. The quantitative estimate of drug-likeness (QED) is 0.305. The second-order valence-electron chi connectivity index (χ2n) is 15.8. The molecule has 3 heterocycles. The van der Waals surface area contributed by atoms with Gasteiger partial charge in [-0.1, -0.05) is 34.6 Å². The van der Waals surface area contributed by atoms with Gasteiger partial charge in [0.05, 0.1) is 48.1 Å². The molecule has 10 unspecified atom stereocenters. The number of aliphatic hydroxyl groups excluding tert-OH is 3. The van der Waals surface area contributed by atoms with Crippen molar-refractivity contribution < 1.29 is 48.9 Å². The highest BCUT2D eigenvalue weighted by atomic mass is 16.7. The smallest absolute Gasteiger partial charge is 0.311 e. The van der Waals surface area contributed by atoms with Crippen LogP contribution in [0.15, 0.2) is 0 Å². The summed E-state index contributed by atoms with van der Waals surface area (Å²) in [6.07, 6.45) is -3.15. The number of aliphatic hydroxyl groups is 4. The van der Waals surface area contributed by atoms with E-state index in [2.05, 4.69) is 32.8 Å². The van der Waals surface area contributed by atoms with Crippen molar-refractivity contribution in [2.24, 2.45) is 29.6 Å². The van der Waals surface area contributed by atoms with E-state index in [1.54, 1.807) is 20.8 Å². The molecule has 11 nitrogen and oxygen atoms in total. The number of nitrogens with zero attached hydrogens (tertiary/aromatic N) is 1. The summed E-state index contributed by atoms with van der Waals surface area (Å²) in [5.41, 5.74) is -2.70. The molecule has 276 valence electrons. The minimum absolute atomic E-state index is 0.0113. The average Bonchev–Trinajstić information content (AvgIpc) is 3.00. The van der Waals surface area contributed by atoms with E-state index in [4.69, 9.17) is 23.7 Å². The maximum Gasteiger partial charge on any atom is 0.311 e. The standard InChI is InChI=1S/C36H67NO10/c1-13-28-35(9,42)33(40)22(5)27(38)15-14-20(3)36(10,47-30-18-26(37(11)12)17-21(4)43-30)24(7)32(23(6)34(41)45-28)46-29-16-19(2)31(39)25(8)44-29/h19-33,38-40,42H,13-18H2,1-12H3/t19?,20?,21?,22-,23?,24?,25?,26?,27-,28?,29-,30?,31+,32?,33+,35+,36+/m0/s1. The molecule has 47 heavy (non-hydrogen) atoms. The number of hydrogen-bond donors (Lipinski definition) is 4. The number of esters is 1. The van der Waals surface area contributed by atoms with Gasteiger partial charge in [0, 0.05) is 30.7 Å². The van der Waals surface area contributed by atoms with E-state index < -0.39 is 84.1 Å². The Morgan fingerprint density at radius 2 is 1.55 bits per heavy atom. The first-order valence-corrected chi connectivity index (χ1v) is 18.0. The third-order valence-corrected chi connectivity index (χ3v) is 12.0. The van der Waals surface area contributed by atoms with E-state index in [1.807, 2.05) is 27.7 Å². The maximum atomic E-state index is 14.0. The zero-order chi connectivity index (χ0) is 35.6. The molecule has 0 radical (unpaired) electrons. The lowest BCUT2D eigenvalue weighted by atomic mass is 9.71. The molecule has 3 aliphatic rings. The summed E-state index contributed by atoms with van der Waals surface area (Å²) in [7, 11) is 4.12. The molecule has 0 aromatic carbocycles. The summed E-state index contributed by atoms with van der Waals surface area (Å²) < 4.78 is 32.3. The number of cyclic esters (lactones) is 1. The van der Waals surface area contributed by atoms with Crippen LogP contribution in [0.5, 0.6) is 0 Å². The van der Waals surface area contributed by atoms with Crippen LogP contribution in [0.25, 0.3) is 0 Å². The lowest BCUT2D eigenvalue weighted by molar-refractivity contribution is -0.299. The molecule has 0 aromatic rings. The Labute approximate surface area is 283 Å². The zero-order valence-corrected chi connectivity index (χ0v) is 31.1. The van der Waals surface area contributed by atoms with Gasteiger partial charge in [-0.3, -0.25) is 4.79 Å². The highest BCUT2D eigenvalue weighted by Gasteiger charge is 2.51. The van der Waals surface area contributed by atoms with Crippen LogP contribution >= 0.6 is 0 Å². The van der Waals surface area contributed by atoms with Gasteiger partial charge in [-0.2, -0.15) is 0 Å². The van der Waals surface area contributed by atoms with Crippen LogP contribution in [-0.4, -0.2) is 118 Å². The summed E-state index contributed by atoms with van der Waals surface area (Å²) in [6.45, 7) is 18.7. The highest BCUT2D eigenvalue weighted by molar-refractivity contribution is 5.73. The molecule has 17 atom stereocenters. The Morgan fingerprint density at radius 3 is 2.13 bits per heavy atom. The van der Waals surface area contributed by atoms with Crippen molar-refractivity contribution in [1.29, 1.82) is 0 Å². The van der Waals surface area contributed by atoms with Crippen LogP contribution in [0.1, 0.15) is 108 Å². The minimum Gasteiger partial charge on any atom is -0.459 e. The van der Waals surface area contributed by atoms with E-state index in [-0.39, 0.29) is 30.4 Å². The predicted molar refractivity (Wildman–Crippen MR) is 178 cm³/mol. The summed E-state index contributed by atoms with van der Waals surface area (Å²) in [4.78, 5) is 16.2. The van der Waals surface area contributed by atoms with Crippen LogP contribution < -0.4 is 0 Å². The van der Waals surface area contributed by atoms with Crippen molar-refractivity contribution >= 4 is 5.97 Å². The van der Waals surface area contributed by atoms with E-state index in [9.17, 15) is 25.2 Å². The van der Waals surface area contributed by atoms with Gasteiger partial charge in [0.2, 0.25) is 0 Å². The van der Waals surface area contributed by atoms with Crippen molar-refractivity contribution in [2.45, 2.75) is 180 Å². The predicted octanol–water partition coefficient (Wildman–Crippen LogP) is 3.87. The van der Waals surface area contributed by atoms with Gasteiger partial charge >= 0.3 is 5.97 Å². The molecule has 0 aliphatic carbocycles. The first-order valence-electron chi connectivity index (χ1n) is 18.0. The Morgan fingerprint density at radius 1 is 0.915 bits per heavy atom. The molecule has 0 aromatic heterocycles. The maximum absolute atomic E-state index is 14.0. The Kier molecular flexibility index (Phi) is 14.2. The van der Waals surface area contributed by atoms with Crippen LogP contribution in [0.4, 0.5) is 0 Å². The normalized spacial score (nSPS) is 49.7. The fourth-order valence-corrected chi connectivity index (χ4v) is 7.96. The van der Waals surface area contributed by atoms with Crippen LogP contribution in [0, 0.1) is 29.6 Å². The van der Waals surface area contributed by atoms with Crippen LogP contribution in [-0.2, 0) is 28.5 Å². The SMILES string of the molecule is CCC1OC(=O)C(C)C(O[C@H]2CC(C)[C@@H](O)C(C)O2)C(C)[C@](C)(OC2CC(N(C)C)CC(C)O2)C(C)CC[C@H](O)[C@H](C)[C@@H](O)[C@]1(C)O. The number of rotatable bonds is 6. The topological polar surface area (TPSA) is 147 Å². The monoisotopic (exact) mass is 673 g/mol. The van der Waals surface area contributed by atoms with E-state index in [0.29, 0.717) is 25.7 Å². The van der Waals surface area contributed by atoms with Crippen LogP contribution in [0.3, 0.4) is 0 Å². The van der Waals surface area contributed by atoms with Crippen molar-refractivity contribution in [1.82, 2.24) is 4.90 Å². The van der Waals surface area contributed by atoms with Gasteiger partial charge in [0.15, 0.2) is 12.6 Å². The van der Waals surface area contributed by atoms with E-state index in [0.717, 1.165) is 6.42 Å². The summed E-state index contributed by atoms with van der Waals surface area (Å²) in [5.74, 6) is -2.70. The molecule has 0 spiro atoms. The molecule has 0 amide bonds. The number of carbonyl (C=O) groups excluding carboxylic acids is 1. The fourth-order valence-electron chi connectivity index (χ4n) is 7.96. The number of carbonyl (C=O) groups is 1. The third-order valence-electron chi connectivity index (χ3n) is 12.0. The van der Waals surface area contributed by atoms with Crippen LogP contribution in [0.2, 0.25) is 0 Å². The molecular formula is C36H67NO10. The Hall–Kier alpha value is -0.890. The Bertz CT molecular complexity index is 985. The molecule has 3 aliphatic heterocycles. The molecule has 3 rings (SSSR count). The molecular weight excluding hydrogens is 606 g/mol. The minimum atomic E-state index is -1.80. The van der Waals surface area contributed by atoms with Gasteiger partial charge in [0.1, 0.15) is 11.7 Å². The first kappa shape index (κ1) is 40.5. The third kappa shape index (κ3) is 9.27. The largest absolute Gasteiger partial charge is 0.459 e. The average molecular weight is 674 g/mol.